The van der Waals surface area contributed by atoms with Crippen molar-refractivity contribution in [2.24, 2.45) is 5.92 Å². The summed E-state index contributed by atoms with van der Waals surface area (Å²) in [4.78, 5) is 77.5. The number of likely N-dealkylation sites (N-methyl/N-ethyl adjacent to an activating group) is 2. The molecule has 4 aromatic carbocycles. The topological polar surface area (TPSA) is 166 Å². The number of amides is 5. The van der Waals surface area contributed by atoms with Gasteiger partial charge in [-0.25, -0.2) is 9.18 Å². The predicted octanol–water partition coefficient (Wildman–Crippen LogP) is 9.76. The number of fused-ring (bicyclic) bond motifs is 2. The number of carbonyl (C=O) groups excluding carboxylic acids is 5. The van der Waals surface area contributed by atoms with Crippen molar-refractivity contribution in [2.45, 2.75) is 102 Å². The highest BCUT2D eigenvalue weighted by molar-refractivity contribution is 5.95. The zero-order valence-electron chi connectivity index (χ0n) is 52.5. The van der Waals surface area contributed by atoms with E-state index in [2.05, 4.69) is 69.9 Å². The molecule has 0 aromatic heterocycles. The summed E-state index contributed by atoms with van der Waals surface area (Å²) >= 11 is 0. The van der Waals surface area contributed by atoms with Crippen LogP contribution in [0, 0.1) is 11.7 Å². The lowest BCUT2D eigenvalue weighted by atomic mass is 9.72. The molecule has 3 aliphatic heterocycles. The van der Waals surface area contributed by atoms with Gasteiger partial charge in [0.05, 0.1) is 18.3 Å². The number of hydrogen-bond acceptors (Lipinski definition) is 12. The number of anilines is 2. The first-order valence-electron chi connectivity index (χ1n) is 31.6. The van der Waals surface area contributed by atoms with E-state index in [1.807, 2.05) is 68.5 Å². The second-order valence-electron chi connectivity index (χ2n) is 24.6. The van der Waals surface area contributed by atoms with Gasteiger partial charge in [0.15, 0.2) is 0 Å². The van der Waals surface area contributed by atoms with Crippen molar-refractivity contribution in [2.75, 3.05) is 130 Å². The van der Waals surface area contributed by atoms with Gasteiger partial charge in [0.25, 0.3) is 11.8 Å². The summed E-state index contributed by atoms with van der Waals surface area (Å²) in [5, 5.41) is 6.34. The molecule has 17 nitrogen and oxygen atoms in total. The molecule has 472 valence electrons. The fourth-order valence-corrected chi connectivity index (χ4v) is 12.8. The van der Waals surface area contributed by atoms with E-state index in [0.29, 0.717) is 75.6 Å². The minimum Gasteiger partial charge on any atom is -0.446 e. The Bertz CT molecular complexity index is 3120. The van der Waals surface area contributed by atoms with Gasteiger partial charge in [-0.15, -0.1) is 0 Å². The van der Waals surface area contributed by atoms with E-state index >= 15 is 0 Å². The molecule has 2 N–H and O–H groups in total. The van der Waals surface area contributed by atoms with E-state index in [1.54, 1.807) is 52.9 Å². The van der Waals surface area contributed by atoms with Crippen molar-refractivity contribution < 1.29 is 47.3 Å². The lowest BCUT2D eigenvalue weighted by molar-refractivity contribution is -0.139. The van der Waals surface area contributed by atoms with Crippen LogP contribution in [0.1, 0.15) is 105 Å². The Balaban J connectivity index is 0.623. The fraction of sp³-hybridized carbons (Fsp3) is 0.500. The van der Waals surface area contributed by atoms with Crippen LogP contribution in [0.4, 0.5) is 20.6 Å². The van der Waals surface area contributed by atoms with Gasteiger partial charge < -0.3 is 53.7 Å². The fourth-order valence-electron chi connectivity index (χ4n) is 12.8. The summed E-state index contributed by atoms with van der Waals surface area (Å²) in [6.07, 6.45) is 14.4. The minimum atomic E-state index is -0.754. The average Bonchev–Trinajstić information content (AvgIpc) is 1.65. The monoisotopic (exact) mass is 1210 g/mol. The third-order valence-electron chi connectivity index (χ3n) is 18.6. The van der Waals surface area contributed by atoms with Crippen molar-refractivity contribution in [3.63, 3.8) is 0 Å². The second-order valence-corrected chi connectivity index (χ2v) is 24.6. The maximum atomic E-state index is 14.1. The van der Waals surface area contributed by atoms with Gasteiger partial charge >= 0.3 is 6.09 Å². The maximum Gasteiger partial charge on any atom is 0.411 e. The zero-order chi connectivity index (χ0) is 62.2. The van der Waals surface area contributed by atoms with Crippen LogP contribution in [0.2, 0.25) is 0 Å². The molecule has 4 aromatic rings. The minimum absolute atomic E-state index is 0.00689. The van der Waals surface area contributed by atoms with Gasteiger partial charge in [-0.2, -0.15) is 0 Å². The lowest BCUT2D eigenvalue weighted by Gasteiger charge is -2.44. The number of halogens is 1. The Morgan fingerprint density at radius 3 is 2.23 bits per heavy atom. The quantitative estimate of drug-likeness (QED) is 0.0452. The van der Waals surface area contributed by atoms with Gasteiger partial charge in [-0.3, -0.25) is 24.5 Å². The molecular formula is C70H91FN8O9. The third kappa shape index (κ3) is 16.7. The van der Waals surface area contributed by atoms with Gasteiger partial charge in [-0.05, 0) is 155 Å². The van der Waals surface area contributed by atoms with Gasteiger partial charge in [-0.1, -0.05) is 85.8 Å². The number of ether oxygens (including phenoxy) is 4. The first-order valence-corrected chi connectivity index (χ1v) is 31.6. The molecule has 3 fully saturated rings. The smallest absolute Gasteiger partial charge is 0.411 e. The van der Waals surface area contributed by atoms with Crippen LogP contribution in [0.25, 0.3) is 5.57 Å². The van der Waals surface area contributed by atoms with E-state index in [4.69, 9.17) is 18.9 Å². The number of piperidine rings is 2. The Labute approximate surface area is 519 Å². The van der Waals surface area contributed by atoms with Gasteiger partial charge in [0, 0.05) is 108 Å². The summed E-state index contributed by atoms with van der Waals surface area (Å²) in [6.45, 7) is 13.7. The third-order valence-corrected chi connectivity index (χ3v) is 18.6. The first kappa shape index (κ1) is 65.2. The number of nitrogens with zero attached hydrogens (tertiary/aromatic N) is 6. The number of benzene rings is 4. The molecule has 0 saturated carbocycles. The van der Waals surface area contributed by atoms with Crippen LogP contribution >= 0.6 is 0 Å². The normalized spacial score (nSPS) is 20.3. The molecule has 1 spiro atoms. The number of hydrogen-bond donors (Lipinski definition) is 2. The summed E-state index contributed by atoms with van der Waals surface area (Å²) in [5.41, 5.74) is 7.38. The predicted molar refractivity (Wildman–Crippen MR) is 341 cm³/mol. The molecule has 2 unspecified atom stereocenters. The molecule has 0 radical (unpaired) electrons. The van der Waals surface area contributed by atoms with Crippen molar-refractivity contribution in [3.05, 3.63) is 161 Å². The van der Waals surface area contributed by atoms with Crippen LogP contribution in [-0.4, -0.2) is 191 Å². The highest BCUT2D eigenvalue weighted by Crippen LogP contribution is 2.48. The maximum absolute atomic E-state index is 14.1. The van der Waals surface area contributed by atoms with Crippen molar-refractivity contribution in [1.82, 2.24) is 29.4 Å². The molecule has 3 saturated heterocycles. The molecule has 3 heterocycles. The van der Waals surface area contributed by atoms with E-state index in [0.717, 1.165) is 106 Å². The number of rotatable bonds is 26. The number of likely N-dealkylation sites (tertiary alicyclic amines) is 2. The van der Waals surface area contributed by atoms with Crippen LogP contribution in [0.5, 0.6) is 0 Å². The zero-order valence-corrected chi connectivity index (χ0v) is 52.5. The van der Waals surface area contributed by atoms with Crippen molar-refractivity contribution in [3.8, 4) is 0 Å². The molecule has 9 rings (SSSR count). The van der Waals surface area contributed by atoms with Crippen molar-refractivity contribution >= 4 is 46.7 Å². The summed E-state index contributed by atoms with van der Waals surface area (Å²) in [6, 6.07) is 30.2. The van der Waals surface area contributed by atoms with E-state index < -0.39 is 11.7 Å². The largest absolute Gasteiger partial charge is 0.446 e. The molecule has 3 atom stereocenters. The Kier molecular flexibility index (Phi) is 22.8. The number of allylic oxidation sites excluding steroid dienone is 5. The lowest BCUT2D eigenvalue weighted by Crippen LogP contribution is -2.50. The van der Waals surface area contributed by atoms with Crippen LogP contribution in [0.3, 0.4) is 0 Å². The van der Waals surface area contributed by atoms with E-state index in [9.17, 15) is 28.4 Å². The van der Waals surface area contributed by atoms with Crippen LogP contribution in [-0.2, 0) is 50.8 Å². The number of para-hydroxylation sites is 1. The molecule has 2 aliphatic carbocycles. The molecular weight excluding hydrogens is 1120 g/mol. The molecule has 5 amide bonds. The summed E-state index contributed by atoms with van der Waals surface area (Å²) in [7, 11) is 5.36. The number of carbonyl (C=O) groups is 5. The standard InChI is InChI=1S/C70H91FN8O9/c1-7-52(3)66(82)79-49-70(87-50-79,56-24-26-57(71)27-25-56)34-42-78-40-32-69(33-41-78)61-16-10-8-14-55(61)46-63(69)86-48-65(81)74(4)36-13-37-76(6)67(83)54-22-28-58(29-23-54)72-35-12-45-85-47-64(80)75(5)43-44-77-38-30-59(31-39-77)88-68(84)73-62-17-11-9-15-60(62)53-20-18-51(2)19-21-53/h7-11,14-18,20-29,51,59,63,72H,12-13,19,30-50H2,1-6H3,(H,73,84)/b52-7+/t51?,63?,70-/m0/s1. The van der Waals surface area contributed by atoms with Gasteiger partial charge in [0.1, 0.15) is 37.5 Å². The van der Waals surface area contributed by atoms with Gasteiger partial charge in [0.2, 0.25) is 11.8 Å². The Hall–Kier alpha value is -7.22. The van der Waals surface area contributed by atoms with E-state index in [1.165, 1.54) is 23.3 Å². The molecule has 0 bridgehead atoms. The Morgan fingerprint density at radius 2 is 1.49 bits per heavy atom. The number of nitrogens with one attached hydrogen (secondary N) is 2. The van der Waals surface area contributed by atoms with Crippen LogP contribution in [0.15, 0.2) is 127 Å². The van der Waals surface area contributed by atoms with Crippen LogP contribution < -0.4 is 10.6 Å². The average molecular weight is 1210 g/mol. The van der Waals surface area contributed by atoms with E-state index in [-0.39, 0.29) is 67.0 Å². The summed E-state index contributed by atoms with van der Waals surface area (Å²) in [5.74, 6) is -0.143. The SMILES string of the molecule is C/C=C(\C)C(=O)N1CO[C@](CCN2CCC3(CC2)c2ccccc2CC3OCC(=O)N(C)CCCN(C)C(=O)c2ccc(NCCCOCC(=O)N(C)CCN3CCC(OC(=O)Nc4ccccc4C4=CCC(C)C=C4)CC3)cc2)(c2ccc(F)cc2)C1. The first-order chi connectivity index (χ1) is 42.5. The van der Waals surface area contributed by atoms with Crippen molar-refractivity contribution in [1.29, 1.82) is 0 Å². The Morgan fingerprint density at radius 1 is 0.795 bits per heavy atom. The summed E-state index contributed by atoms with van der Waals surface area (Å²) < 4.78 is 38.7. The molecule has 5 aliphatic rings. The molecule has 18 heteroatoms. The second kappa shape index (κ2) is 30.8. The molecule has 88 heavy (non-hydrogen) atoms. The highest BCUT2D eigenvalue weighted by atomic mass is 19.1. The highest BCUT2D eigenvalue weighted by Gasteiger charge is 2.50.